The lowest BCUT2D eigenvalue weighted by molar-refractivity contribution is -0.107. The minimum absolute atomic E-state index is 0.296. The fraction of sp³-hybridized carbons (Fsp3) is 0.667. The molecule has 1 aromatic heterocycles. The quantitative estimate of drug-likeness (QED) is 0.449. The summed E-state index contributed by atoms with van der Waals surface area (Å²) in [5.41, 5.74) is -2.01. The van der Waals surface area contributed by atoms with Gasteiger partial charge in [-0.2, -0.15) is 5.10 Å². The van der Waals surface area contributed by atoms with Crippen molar-refractivity contribution in [1.29, 1.82) is 0 Å². The summed E-state index contributed by atoms with van der Waals surface area (Å²) >= 11 is 0. The van der Waals surface area contributed by atoms with Crippen molar-refractivity contribution < 1.29 is 24.9 Å². The molecule has 0 radical (unpaired) electrons. The highest BCUT2D eigenvalue weighted by atomic mass is 16.6. The summed E-state index contributed by atoms with van der Waals surface area (Å²) in [5.74, 6) is 0.296. The first kappa shape index (κ1) is 15.9. The van der Waals surface area contributed by atoms with E-state index >= 15 is 0 Å². The minimum atomic E-state index is -1.78. The normalized spacial score (nSPS) is 11.5. The topological polar surface area (TPSA) is 119 Å². The Morgan fingerprint density at radius 1 is 1.18 bits per heavy atom. The molecule has 8 heteroatoms. The number of rotatable bonds is 3. The van der Waals surface area contributed by atoms with Crippen LogP contribution in [-0.2, 0) is 0 Å². The molecule has 0 saturated carbocycles. The van der Waals surface area contributed by atoms with Gasteiger partial charge in [-0.3, -0.25) is 5.10 Å². The van der Waals surface area contributed by atoms with Gasteiger partial charge in [0.05, 0.1) is 23.6 Å². The van der Waals surface area contributed by atoms with Crippen LogP contribution in [0.2, 0.25) is 0 Å². The molecule has 0 bridgehead atoms. The van der Waals surface area contributed by atoms with E-state index in [9.17, 15) is 0 Å². The highest BCUT2D eigenvalue weighted by Crippen LogP contribution is 2.19. The van der Waals surface area contributed by atoms with Gasteiger partial charge in [0.25, 0.3) is 0 Å². The number of aliphatic hydroxyl groups is 2. The monoisotopic (exact) mass is 246 g/mol. The van der Waals surface area contributed by atoms with E-state index in [2.05, 4.69) is 14.9 Å². The maximum Gasteiger partial charge on any atom is 0.707 e. The number of aromatic nitrogens is 2. The molecule has 17 heavy (non-hydrogen) atoms. The second-order valence-electron chi connectivity index (χ2n) is 4.50. The highest BCUT2D eigenvalue weighted by molar-refractivity contribution is 6.33. The van der Waals surface area contributed by atoms with Gasteiger partial charge in [-0.25, -0.2) is 0 Å². The van der Waals surface area contributed by atoms with E-state index in [4.69, 9.17) is 20.3 Å². The summed E-state index contributed by atoms with van der Waals surface area (Å²) in [5, 5.41) is 40.6. The molecular weight excluding hydrogens is 227 g/mol. The Morgan fingerprint density at radius 2 is 1.65 bits per heavy atom. The van der Waals surface area contributed by atoms with Crippen LogP contribution in [0.4, 0.5) is 0 Å². The summed E-state index contributed by atoms with van der Waals surface area (Å²) in [6.45, 7) is 6.31. The molecule has 0 amide bonds. The van der Waals surface area contributed by atoms with Gasteiger partial charge in [0.1, 0.15) is 5.75 Å². The first-order chi connectivity index (χ1) is 7.54. The van der Waals surface area contributed by atoms with Crippen LogP contribution in [0.5, 0.6) is 5.75 Å². The average Bonchev–Trinajstić information content (AvgIpc) is 2.52. The largest absolute Gasteiger partial charge is 0.707 e. The Labute approximate surface area is 100 Å². The molecule has 0 unspecified atom stereocenters. The number of nitrogens with one attached hydrogen (secondary N) is 1. The SMILES string of the molecule is CC(C)(O)C(C)(C)O.OB(O)Oc1cn[nH]c1. The first-order valence-electron chi connectivity index (χ1n) is 5.00. The summed E-state index contributed by atoms with van der Waals surface area (Å²) in [7, 11) is -1.78. The summed E-state index contributed by atoms with van der Waals surface area (Å²) in [6.07, 6.45) is 2.74. The van der Waals surface area contributed by atoms with Gasteiger partial charge in [0.15, 0.2) is 0 Å². The fourth-order valence-electron chi connectivity index (χ4n) is 0.425. The van der Waals surface area contributed by atoms with E-state index < -0.39 is 18.5 Å². The lowest BCUT2D eigenvalue weighted by atomic mass is 9.90. The molecule has 0 spiro atoms. The summed E-state index contributed by atoms with van der Waals surface area (Å²) in [4.78, 5) is 0. The molecule has 0 atom stereocenters. The Kier molecular flexibility index (Phi) is 5.63. The third-order valence-electron chi connectivity index (χ3n) is 2.21. The molecule has 1 aromatic rings. The van der Waals surface area contributed by atoms with Gasteiger partial charge < -0.3 is 24.9 Å². The number of nitrogens with zero attached hydrogens (tertiary/aromatic N) is 1. The molecule has 1 heterocycles. The van der Waals surface area contributed by atoms with Crippen molar-refractivity contribution in [2.45, 2.75) is 38.9 Å². The number of hydrogen-bond donors (Lipinski definition) is 5. The third kappa shape index (κ3) is 6.95. The number of hydrogen-bond acceptors (Lipinski definition) is 6. The van der Waals surface area contributed by atoms with Gasteiger partial charge >= 0.3 is 7.32 Å². The van der Waals surface area contributed by atoms with E-state index in [0.717, 1.165) is 0 Å². The zero-order chi connectivity index (χ0) is 13.7. The second-order valence-corrected chi connectivity index (χ2v) is 4.50. The molecule has 7 nitrogen and oxygen atoms in total. The van der Waals surface area contributed by atoms with Gasteiger partial charge in [0, 0.05) is 0 Å². The van der Waals surface area contributed by atoms with E-state index in [0.29, 0.717) is 5.75 Å². The predicted octanol–water partition coefficient (Wildman–Crippen LogP) is -0.714. The van der Waals surface area contributed by atoms with Crippen LogP contribution >= 0.6 is 0 Å². The van der Waals surface area contributed by atoms with Gasteiger partial charge in [0.2, 0.25) is 0 Å². The third-order valence-corrected chi connectivity index (χ3v) is 2.21. The highest BCUT2D eigenvalue weighted by Gasteiger charge is 2.31. The van der Waals surface area contributed by atoms with Gasteiger partial charge in [-0.15, -0.1) is 0 Å². The van der Waals surface area contributed by atoms with Crippen molar-refractivity contribution in [3.63, 3.8) is 0 Å². The molecule has 0 saturated heterocycles. The molecule has 0 aliphatic heterocycles. The average molecular weight is 246 g/mol. The van der Waals surface area contributed by atoms with E-state index in [1.54, 1.807) is 27.7 Å². The number of H-pyrrole nitrogens is 1. The van der Waals surface area contributed by atoms with E-state index in [1.165, 1.54) is 12.4 Å². The molecule has 0 aromatic carbocycles. The smallest absolute Gasteiger partial charge is 0.509 e. The van der Waals surface area contributed by atoms with Gasteiger partial charge in [-0.05, 0) is 27.7 Å². The minimum Gasteiger partial charge on any atom is -0.509 e. The van der Waals surface area contributed by atoms with Crippen molar-refractivity contribution in [1.82, 2.24) is 10.2 Å². The zero-order valence-corrected chi connectivity index (χ0v) is 10.4. The van der Waals surface area contributed by atoms with Crippen LogP contribution in [0.1, 0.15) is 27.7 Å². The maximum absolute atomic E-state index is 9.10. The Morgan fingerprint density at radius 3 is 1.88 bits per heavy atom. The van der Waals surface area contributed by atoms with Crippen LogP contribution in [0.15, 0.2) is 12.4 Å². The Balaban J connectivity index is 0.000000304. The van der Waals surface area contributed by atoms with E-state index in [-0.39, 0.29) is 0 Å². The Hall–Kier alpha value is -1.09. The van der Waals surface area contributed by atoms with Crippen molar-refractivity contribution in [3.8, 4) is 5.75 Å². The Bertz CT molecular complexity index is 290. The van der Waals surface area contributed by atoms with Gasteiger partial charge in [-0.1, -0.05) is 0 Å². The molecule has 98 valence electrons. The maximum atomic E-state index is 9.10. The first-order valence-corrected chi connectivity index (χ1v) is 5.00. The lowest BCUT2D eigenvalue weighted by Crippen LogP contribution is -2.44. The molecule has 0 fully saturated rings. The molecule has 1 rings (SSSR count). The van der Waals surface area contributed by atoms with E-state index in [1.807, 2.05) is 0 Å². The second kappa shape index (κ2) is 6.01. The van der Waals surface area contributed by atoms with Crippen LogP contribution in [-0.4, -0.2) is 49.0 Å². The van der Waals surface area contributed by atoms with Crippen molar-refractivity contribution >= 4 is 7.32 Å². The molecule has 5 N–H and O–H groups in total. The van der Waals surface area contributed by atoms with Crippen LogP contribution < -0.4 is 4.65 Å². The van der Waals surface area contributed by atoms with Crippen LogP contribution in [0.3, 0.4) is 0 Å². The lowest BCUT2D eigenvalue weighted by Gasteiger charge is -2.31. The standard InChI is InChI=1S/C6H14O2.C3H5BN2O3/c1-5(2,7)6(3,4)8;7-4(8)9-3-1-5-6-2-3/h7-8H,1-4H3;1-2,7-8H,(H,5,6). The molecule has 0 aliphatic carbocycles. The molecule has 0 aliphatic rings. The predicted molar refractivity (Wildman–Crippen MR) is 62.0 cm³/mol. The fourth-order valence-corrected chi connectivity index (χ4v) is 0.425. The van der Waals surface area contributed by atoms with Crippen LogP contribution in [0, 0.1) is 0 Å². The summed E-state index contributed by atoms with van der Waals surface area (Å²) in [6, 6.07) is 0. The van der Waals surface area contributed by atoms with Crippen molar-refractivity contribution in [2.75, 3.05) is 0 Å². The van der Waals surface area contributed by atoms with Crippen LogP contribution in [0.25, 0.3) is 0 Å². The zero-order valence-electron chi connectivity index (χ0n) is 10.4. The van der Waals surface area contributed by atoms with Crippen molar-refractivity contribution in [2.24, 2.45) is 0 Å². The number of aromatic amines is 1. The molecular formula is C9H19BN2O5. The summed E-state index contributed by atoms with van der Waals surface area (Å²) < 4.78 is 4.37. The van der Waals surface area contributed by atoms with Crippen molar-refractivity contribution in [3.05, 3.63) is 12.4 Å².